The molecule has 0 bridgehead atoms. The van der Waals surface area contributed by atoms with Crippen molar-refractivity contribution in [2.75, 3.05) is 0 Å². The van der Waals surface area contributed by atoms with Crippen LogP contribution in [0.4, 0.5) is 0 Å². The molecular weight excluding hydrogens is 631 g/mol. The molecule has 0 N–H and O–H groups in total. The van der Waals surface area contributed by atoms with E-state index in [1.165, 1.54) is 17.5 Å². The van der Waals surface area contributed by atoms with Crippen LogP contribution in [0.15, 0.2) is 134 Å². The molecule has 8 unspecified atom stereocenters. The first-order valence-electron chi connectivity index (χ1n) is 14.6. The Morgan fingerprint density at radius 3 is 1.43 bits per heavy atom. The average Bonchev–Trinajstić information content (AvgIpc) is 3.52. The van der Waals surface area contributed by atoms with Crippen LogP contribution in [0.5, 0.6) is 0 Å². The van der Waals surface area contributed by atoms with Gasteiger partial charge in [-0.2, -0.15) is 0 Å². The van der Waals surface area contributed by atoms with E-state index in [9.17, 15) is 0 Å². The standard InChI is InChI=1S/C37H36.2CH3.2ClH.Zr/c1-25-24-28-18-8-9-19-29(28)34(25)30-20-10-13-23-33(30)37-35(26-14-4-2-5-15-26)31-21-11-12-22-32(31)36(37)27-16-6-3-7-17-27;;;;;/h2-23,25,28-29,31-32,34-37H,24H2,1H3;2*1H3;2*1H;/q;2*-1;;;+4/p-2. The molecule has 3 aromatic carbocycles. The fourth-order valence-corrected chi connectivity index (χ4v) is 8.54. The third-order valence-electron chi connectivity index (χ3n) is 9.88. The molecule has 0 saturated heterocycles. The Hall–Kier alpha value is -1.92. The zero-order chi connectivity index (χ0) is 27.5. The Labute approximate surface area is 273 Å². The van der Waals surface area contributed by atoms with Gasteiger partial charge in [-0.3, -0.25) is 0 Å². The molecule has 2 saturated carbocycles. The van der Waals surface area contributed by atoms with E-state index in [4.69, 9.17) is 17.0 Å². The van der Waals surface area contributed by atoms with Gasteiger partial charge in [-0.05, 0) is 81.9 Å². The summed E-state index contributed by atoms with van der Waals surface area (Å²) in [5.41, 5.74) is 6.14. The Bertz CT molecular complexity index is 1330. The van der Waals surface area contributed by atoms with Crippen molar-refractivity contribution >= 4 is 17.0 Å². The maximum absolute atomic E-state index is 4.93. The van der Waals surface area contributed by atoms with Gasteiger partial charge in [-0.25, -0.2) is 0 Å². The Morgan fingerprint density at radius 1 is 0.524 bits per heavy atom. The molecule has 8 atom stereocenters. The number of hydrogen-bond donors (Lipinski definition) is 0. The SMILES string of the molecule is CC1CC2C=CC=CC2C1c1ccccc1C1C(c2ccccc2)C2C=CC=CC2C1c1ccccc1.[CH3-].[CH3-].[Cl][Zr+2][Cl]. The van der Waals surface area contributed by atoms with Gasteiger partial charge in [0.05, 0.1) is 0 Å². The van der Waals surface area contributed by atoms with Gasteiger partial charge in [-0.15, -0.1) is 0 Å². The van der Waals surface area contributed by atoms with Crippen molar-refractivity contribution in [3.63, 3.8) is 0 Å². The quantitative estimate of drug-likeness (QED) is 0.242. The van der Waals surface area contributed by atoms with Gasteiger partial charge in [-0.1, -0.05) is 140 Å². The zero-order valence-corrected chi connectivity index (χ0v) is 28.8. The second-order valence-electron chi connectivity index (χ2n) is 11.8. The summed E-state index contributed by atoms with van der Waals surface area (Å²) < 4.78 is 0. The first kappa shape index (κ1) is 33.0. The molecule has 0 nitrogen and oxygen atoms in total. The number of hydrogen-bond acceptors (Lipinski definition) is 0. The van der Waals surface area contributed by atoms with Crippen molar-refractivity contribution < 1.29 is 20.8 Å². The summed E-state index contributed by atoms with van der Waals surface area (Å²) in [5, 5.41) is 0. The minimum absolute atomic E-state index is 0. The van der Waals surface area contributed by atoms with Crippen LogP contribution in [0.2, 0.25) is 0 Å². The van der Waals surface area contributed by atoms with Gasteiger partial charge in [0.2, 0.25) is 0 Å². The Kier molecular flexibility index (Phi) is 11.9. The van der Waals surface area contributed by atoms with E-state index >= 15 is 0 Å². The predicted molar refractivity (Wildman–Crippen MR) is 179 cm³/mol. The maximum atomic E-state index is 4.93. The molecule has 4 aliphatic carbocycles. The topological polar surface area (TPSA) is 0 Å². The Morgan fingerprint density at radius 2 is 0.929 bits per heavy atom. The molecule has 0 spiro atoms. The number of halogens is 2. The second-order valence-corrected chi connectivity index (χ2v) is 15.5. The summed E-state index contributed by atoms with van der Waals surface area (Å²) in [4.78, 5) is 0. The normalized spacial score (nSPS) is 31.5. The predicted octanol–water partition coefficient (Wildman–Crippen LogP) is 11.5. The number of fused-ring (bicyclic) bond motifs is 2. The molecule has 216 valence electrons. The summed E-state index contributed by atoms with van der Waals surface area (Å²) >= 11 is -0.826. The van der Waals surface area contributed by atoms with E-state index in [1.807, 2.05) is 0 Å². The van der Waals surface area contributed by atoms with Crippen molar-refractivity contribution in [1.29, 1.82) is 0 Å². The van der Waals surface area contributed by atoms with Gasteiger partial charge in [0.25, 0.3) is 0 Å². The first-order valence-corrected chi connectivity index (χ1v) is 20.9. The molecule has 0 aromatic heterocycles. The number of rotatable bonds is 4. The van der Waals surface area contributed by atoms with Gasteiger partial charge < -0.3 is 14.9 Å². The average molecular weight is 673 g/mol. The summed E-state index contributed by atoms with van der Waals surface area (Å²) in [5.74, 6) is 4.86. The van der Waals surface area contributed by atoms with Gasteiger partial charge in [0, 0.05) is 0 Å². The number of allylic oxidation sites excluding steroid dienone is 8. The molecule has 0 heterocycles. The van der Waals surface area contributed by atoms with Crippen LogP contribution >= 0.6 is 17.0 Å². The first-order chi connectivity index (χ1) is 19.7. The van der Waals surface area contributed by atoms with Gasteiger partial charge in [0.15, 0.2) is 0 Å². The van der Waals surface area contributed by atoms with E-state index < -0.39 is 20.8 Å². The summed E-state index contributed by atoms with van der Waals surface area (Å²) in [6, 6.07) is 32.3. The fraction of sp³-hybridized carbons (Fsp3) is 0.282. The van der Waals surface area contributed by atoms with E-state index in [2.05, 4.69) is 140 Å². The van der Waals surface area contributed by atoms with E-state index in [0.717, 1.165) is 0 Å². The van der Waals surface area contributed by atoms with Crippen LogP contribution in [-0.2, 0) is 20.8 Å². The Balaban J connectivity index is 0.000000779. The molecule has 2 fully saturated rings. The van der Waals surface area contributed by atoms with Gasteiger partial charge in [0.1, 0.15) is 0 Å². The third kappa shape index (κ3) is 6.31. The molecule has 3 heteroatoms. The fourth-order valence-electron chi connectivity index (χ4n) is 8.54. The van der Waals surface area contributed by atoms with Crippen molar-refractivity contribution in [1.82, 2.24) is 0 Å². The number of benzene rings is 3. The van der Waals surface area contributed by atoms with Crippen molar-refractivity contribution in [2.45, 2.75) is 37.0 Å². The van der Waals surface area contributed by atoms with Crippen LogP contribution in [0, 0.1) is 44.4 Å². The van der Waals surface area contributed by atoms with Crippen molar-refractivity contribution in [2.24, 2.45) is 29.6 Å². The van der Waals surface area contributed by atoms with Crippen molar-refractivity contribution in [3.8, 4) is 0 Å². The molecule has 4 aliphatic rings. The minimum atomic E-state index is -0.826. The third-order valence-corrected chi connectivity index (χ3v) is 9.88. The van der Waals surface area contributed by atoms with E-state index in [0.29, 0.717) is 53.3 Å². The van der Waals surface area contributed by atoms with E-state index in [-0.39, 0.29) is 14.9 Å². The zero-order valence-electron chi connectivity index (χ0n) is 24.9. The molecular formula is C39H42Cl2Zr. The van der Waals surface area contributed by atoms with Crippen LogP contribution < -0.4 is 0 Å². The summed E-state index contributed by atoms with van der Waals surface area (Å²) in [6.07, 6.45) is 20.4. The molecule has 0 radical (unpaired) electrons. The van der Waals surface area contributed by atoms with Gasteiger partial charge >= 0.3 is 37.9 Å². The van der Waals surface area contributed by atoms with Crippen molar-refractivity contribution in [3.05, 3.63) is 171 Å². The van der Waals surface area contributed by atoms with Crippen LogP contribution in [0.3, 0.4) is 0 Å². The monoisotopic (exact) mass is 670 g/mol. The second kappa shape index (κ2) is 15.2. The summed E-state index contributed by atoms with van der Waals surface area (Å²) in [6.45, 7) is 2.49. The summed E-state index contributed by atoms with van der Waals surface area (Å²) in [7, 11) is 9.87. The van der Waals surface area contributed by atoms with Crippen LogP contribution in [-0.4, -0.2) is 0 Å². The molecule has 0 aliphatic heterocycles. The van der Waals surface area contributed by atoms with Crippen LogP contribution in [0.1, 0.15) is 59.3 Å². The molecule has 3 aromatic rings. The van der Waals surface area contributed by atoms with E-state index in [1.54, 1.807) is 11.1 Å². The molecule has 7 rings (SSSR count). The van der Waals surface area contributed by atoms with Crippen LogP contribution in [0.25, 0.3) is 0 Å². The molecule has 0 amide bonds. The molecule has 42 heavy (non-hydrogen) atoms.